The molecular weight excluding hydrogens is 208 g/mol. The molecule has 0 spiro atoms. The van der Waals surface area contributed by atoms with Crippen LogP contribution in [-0.2, 0) is 0 Å². The molecule has 0 bridgehead atoms. The van der Waals surface area contributed by atoms with E-state index in [0.717, 1.165) is 25.7 Å². The second kappa shape index (κ2) is 4.25. The van der Waals surface area contributed by atoms with Crippen molar-refractivity contribution in [2.75, 3.05) is 6.61 Å². The van der Waals surface area contributed by atoms with E-state index in [2.05, 4.69) is 10.5 Å². The van der Waals surface area contributed by atoms with Crippen molar-refractivity contribution in [1.82, 2.24) is 10.5 Å². The van der Waals surface area contributed by atoms with Crippen LogP contribution in [0.1, 0.15) is 41.9 Å². The van der Waals surface area contributed by atoms with Gasteiger partial charge >= 0.3 is 0 Å². The van der Waals surface area contributed by atoms with Gasteiger partial charge in [0.25, 0.3) is 5.91 Å². The Morgan fingerprint density at radius 1 is 1.62 bits per heavy atom. The van der Waals surface area contributed by atoms with Crippen molar-refractivity contribution in [3.05, 3.63) is 17.5 Å². The van der Waals surface area contributed by atoms with Gasteiger partial charge in [0.2, 0.25) is 0 Å². The predicted octanol–water partition coefficient (Wildman–Crippen LogP) is 1.02. The molecule has 0 radical (unpaired) electrons. The van der Waals surface area contributed by atoms with Crippen LogP contribution in [0.2, 0.25) is 0 Å². The smallest absolute Gasteiger partial charge is 0.273 e. The fourth-order valence-corrected chi connectivity index (χ4v) is 2.15. The molecule has 0 aliphatic heterocycles. The molecular formula is C11H16N2O3. The molecule has 1 fully saturated rings. The number of amides is 1. The summed E-state index contributed by atoms with van der Waals surface area (Å²) in [6.45, 7) is 1.72. The first-order valence-corrected chi connectivity index (χ1v) is 5.52. The van der Waals surface area contributed by atoms with Crippen molar-refractivity contribution >= 4 is 5.91 Å². The molecule has 2 rings (SSSR count). The Hall–Kier alpha value is -1.36. The summed E-state index contributed by atoms with van der Waals surface area (Å²) in [5.74, 6) is 0.336. The normalized spacial score (nSPS) is 18.6. The standard InChI is InChI=1S/C11H16N2O3/c1-8-6-9(13-16-8)10(15)12-11(7-14)4-2-3-5-11/h6,14H,2-5,7H2,1H3,(H,12,15). The Kier molecular flexibility index (Phi) is 2.96. The molecule has 1 aromatic heterocycles. The average molecular weight is 224 g/mol. The summed E-state index contributed by atoms with van der Waals surface area (Å²) in [7, 11) is 0. The van der Waals surface area contributed by atoms with Gasteiger partial charge in [0.15, 0.2) is 5.69 Å². The number of aryl methyl sites for hydroxylation is 1. The molecule has 0 saturated heterocycles. The van der Waals surface area contributed by atoms with Gasteiger partial charge in [-0.25, -0.2) is 0 Å². The highest BCUT2D eigenvalue weighted by Gasteiger charge is 2.35. The summed E-state index contributed by atoms with van der Waals surface area (Å²) in [6, 6.07) is 1.59. The van der Waals surface area contributed by atoms with Crippen molar-refractivity contribution in [1.29, 1.82) is 0 Å². The second-order valence-corrected chi connectivity index (χ2v) is 4.42. The molecule has 5 nitrogen and oxygen atoms in total. The van der Waals surface area contributed by atoms with Crippen molar-refractivity contribution in [3.8, 4) is 0 Å². The summed E-state index contributed by atoms with van der Waals surface area (Å²) in [6.07, 6.45) is 3.73. The fraction of sp³-hybridized carbons (Fsp3) is 0.636. The molecule has 1 amide bonds. The fourth-order valence-electron chi connectivity index (χ4n) is 2.15. The van der Waals surface area contributed by atoms with E-state index in [1.165, 1.54) is 0 Å². The van der Waals surface area contributed by atoms with Gasteiger partial charge in [0, 0.05) is 6.07 Å². The highest BCUT2D eigenvalue weighted by molar-refractivity contribution is 5.92. The van der Waals surface area contributed by atoms with Crippen LogP contribution in [0.15, 0.2) is 10.6 Å². The summed E-state index contributed by atoms with van der Waals surface area (Å²) >= 11 is 0. The quantitative estimate of drug-likeness (QED) is 0.803. The highest BCUT2D eigenvalue weighted by Crippen LogP contribution is 2.29. The second-order valence-electron chi connectivity index (χ2n) is 4.42. The molecule has 0 aromatic carbocycles. The monoisotopic (exact) mass is 224 g/mol. The summed E-state index contributed by atoms with van der Waals surface area (Å²) in [4.78, 5) is 11.8. The zero-order valence-electron chi connectivity index (χ0n) is 9.32. The van der Waals surface area contributed by atoms with Gasteiger partial charge in [-0.3, -0.25) is 4.79 Å². The largest absolute Gasteiger partial charge is 0.394 e. The van der Waals surface area contributed by atoms with Crippen molar-refractivity contribution < 1.29 is 14.4 Å². The van der Waals surface area contributed by atoms with Crippen LogP contribution in [0, 0.1) is 6.92 Å². The van der Waals surface area contributed by atoms with E-state index in [1.807, 2.05) is 0 Å². The lowest BCUT2D eigenvalue weighted by molar-refractivity contribution is 0.0829. The van der Waals surface area contributed by atoms with E-state index in [9.17, 15) is 9.90 Å². The van der Waals surface area contributed by atoms with Crippen LogP contribution in [0.5, 0.6) is 0 Å². The first kappa shape index (κ1) is 11.1. The summed E-state index contributed by atoms with van der Waals surface area (Å²) in [5, 5.41) is 15.9. The molecule has 1 aliphatic carbocycles. The molecule has 2 N–H and O–H groups in total. The van der Waals surface area contributed by atoms with Crippen molar-refractivity contribution in [2.24, 2.45) is 0 Å². The van der Waals surface area contributed by atoms with Gasteiger partial charge in [0.05, 0.1) is 12.1 Å². The molecule has 0 atom stereocenters. The average Bonchev–Trinajstić information content (AvgIpc) is 2.88. The lowest BCUT2D eigenvalue weighted by Crippen LogP contribution is -2.49. The van der Waals surface area contributed by atoms with Crippen molar-refractivity contribution in [2.45, 2.75) is 38.1 Å². The topological polar surface area (TPSA) is 75.4 Å². The SMILES string of the molecule is Cc1cc(C(=O)NC2(CO)CCCC2)no1. The lowest BCUT2D eigenvalue weighted by Gasteiger charge is -2.27. The Bertz CT molecular complexity index is 380. The third-order valence-corrected chi connectivity index (χ3v) is 3.10. The number of aromatic nitrogens is 1. The van der Waals surface area contributed by atoms with Gasteiger partial charge < -0.3 is 14.9 Å². The number of aliphatic hydroxyl groups is 1. The lowest BCUT2D eigenvalue weighted by atomic mass is 9.99. The number of aliphatic hydroxyl groups excluding tert-OH is 1. The maximum Gasteiger partial charge on any atom is 0.273 e. The third kappa shape index (κ3) is 2.09. The van der Waals surface area contributed by atoms with Gasteiger partial charge in [0.1, 0.15) is 5.76 Å². The van der Waals surface area contributed by atoms with Gasteiger partial charge in [-0.05, 0) is 19.8 Å². The number of carbonyl (C=O) groups is 1. The van der Waals surface area contributed by atoms with Crippen LogP contribution in [0.4, 0.5) is 0 Å². The minimum absolute atomic E-state index is 0.0183. The minimum atomic E-state index is -0.454. The van der Waals surface area contributed by atoms with Gasteiger partial charge in [-0.15, -0.1) is 0 Å². The first-order valence-electron chi connectivity index (χ1n) is 5.52. The molecule has 1 aromatic rings. The van der Waals surface area contributed by atoms with E-state index >= 15 is 0 Å². The molecule has 0 unspecified atom stereocenters. The maximum absolute atomic E-state index is 11.8. The van der Waals surface area contributed by atoms with Crippen LogP contribution < -0.4 is 5.32 Å². The van der Waals surface area contributed by atoms with Crippen LogP contribution in [-0.4, -0.2) is 28.3 Å². The first-order chi connectivity index (χ1) is 7.65. The van der Waals surface area contributed by atoms with E-state index in [4.69, 9.17) is 4.52 Å². The summed E-state index contributed by atoms with van der Waals surface area (Å²) in [5.41, 5.74) is -0.179. The van der Waals surface area contributed by atoms with Crippen molar-refractivity contribution in [3.63, 3.8) is 0 Å². The molecule has 1 saturated carbocycles. The van der Waals surface area contributed by atoms with E-state index in [1.54, 1.807) is 13.0 Å². The predicted molar refractivity (Wildman–Crippen MR) is 57.0 cm³/mol. The third-order valence-electron chi connectivity index (χ3n) is 3.10. The Labute approximate surface area is 93.8 Å². The van der Waals surface area contributed by atoms with Crippen LogP contribution in [0.3, 0.4) is 0 Å². The Balaban J connectivity index is 2.06. The Morgan fingerprint density at radius 2 is 2.31 bits per heavy atom. The van der Waals surface area contributed by atoms with E-state index in [0.29, 0.717) is 5.76 Å². The number of hydrogen-bond donors (Lipinski definition) is 2. The molecule has 16 heavy (non-hydrogen) atoms. The zero-order chi connectivity index (χ0) is 11.6. The van der Waals surface area contributed by atoms with Gasteiger partial charge in [-0.1, -0.05) is 18.0 Å². The summed E-state index contributed by atoms with van der Waals surface area (Å²) < 4.78 is 4.84. The van der Waals surface area contributed by atoms with E-state index in [-0.39, 0.29) is 18.2 Å². The molecule has 1 aliphatic rings. The number of nitrogens with zero attached hydrogens (tertiary/aromatic N) is 1. The number of carbonyl (C=O) groups excluding carboxylic acids is 1. The van der Waals surface area contributed by atoms with Crippen LogP contribution in [0.25, 0.3) is 0 Å². The molecule has 88 valence electrons. The van der Waals surface area contributed by atoms with Crippen LogP contribution >= 0.6 is 0 Å². The minimum Gasteiger partial charge on any atom is -0.394 e. The van der Waals surface area contributed by atoms with E-state index < -0.39 is 5.54 Å². The number of nitrogens with one attached hydrogen (secondary N) is 1. The Morgan fingerprint density at radius 3 is 2.81 bits per heavy atom. The molecule has 5 heteroatoms. The maximum atomic E-state index is 11.8. The molecule has 1 heterocycles. The zero-order valence-corrected chi connectivity index (χ0v) is 9.32. The number of hydrogen-bond acceptors (Lipinski definition) is 4. The highest BCUT2D eigenvalue weighted by atomic mass is 16.5. The van der Waals surface area contributed by atoms with Gasteiger partial charge in [-0.2, -0.15) is 0 Å². The number of rotatable bonds is 3.